The molecule has 0 bridgehead atoms. The van der Waals surface area contributed by atoms with Gasteiger partial charge in [0, 0.05) is 12.6 Å². The van der Waals surface area contributed by atoms with E-state index in [0.29, 0.717) is 18.3 Å². The van der Waals surface area contributed by atoms with E-state index in [1.807, 2.05) is 36.4 Å². The van der Waals surface area contributed by atoms with Crippen molar-refractivity contribution in [2.75, 3.05) is 21.9 Å². The first-order valence-electron chi connectivity index (χ1n) is 9.84. The molecule has 6 heteroatoms. The maximum atomic E-state index is 12.3. The highest BCUT2D eigenvalue weighted by molar-refractivity contribution is 7.92. The second-order valence-electron chi connectivity index (χ2n) is 7.16. The third kappa shape index (κ3) is 5.70. The molecule has 0 spiro atoms. The molecule has 0 radical (unpaired) electrons. The quantitative estimate of drug-likeness (QED) is 0.736. The zero-order valence-electron chi connectivity index (χ0n) is 16.0. The molecular weight excluding hydrogens is 358 g/mol. The summed E-state index contributed by atoms with van der Waals surface area (Å²) in [6.07, 6.45) is 7.94. The maximum Gasteiger partial charge on any atom is 0.233 e. The molecule has 0 saturated carbocycles. The molecule has 2 aromatic rings. The first-order valence-corrected chi connectivity index (χ1v) is 11.5. The molecule has 1 unspecified atom stereocenters. The lowest BCUT2D eigenvalue weighted by molar-refractivity contribution is 0.449. The Hall–Kier alpha value is -2.08. The Morgan fingerprint density at radius 1 is 1.15 bits per heavy atom. The van der Waals surface area contributed by atoms with Crippen LogP contribution in [0.3, 0.4) is 0 Å². The van der Waals surface area contributed by atoms with Crippen LogP contribution in [-0.2, 0) is 16.4 Å². The predicted molar refractivity (Wildman–Crippen MR) is 112 cm³/mol. The fraction of sp³-hybridized carbons (Fsp3) is 0.476. The van der Waals surface area contributed by atoms with Crippen LogP contribution in [0.4, 0.5) is 11.5 Å². The van der Waals surface area contributed by atoms with Crippen molar-refractivity contribution in [2.45, 2.75) is 51.5 Å². The third-order valence-electron chi connectivity index (χ3n) is 5.16. The lowest BCUT2D eigenvalue weighted by atomic mass is 9.99. The summed E-state index contributed by atoms with van der Waals surface area (Å²) in [6.45, 7) is 3.26. The lowest BCUT2D eigenvalue weighted by Gasteiger charge is -2.37. The van der Waals surface area contributed by atoms with Gasteiger partial charge in [0.25, 0.3) is 0 Å². The van der Waals surface area contributed by atoms with Gasteiger partial charge in [-0.25, -0.2) is 13.4 Å². The number of hydrogen-bond donors (Lipinski definition) is 1. The number of pyridine rings is 1. The summed E-state index contributed by atoms with van der Waals surface area (Å²) in [6, 6.07) is 14.2. The van der Waals surface area contributed by atoms with Gasteiger partial charge in [-0.05, 0) is 56.2 Å². The van der Waals surface area contributed by atoms with Crippen molar-refractivity contribution in [1.29, 1.82) is 0 Å². The number of aromatic nitrogens is 1. The Balaban J connectivity index is 1.55. The van der Waals surface area contributed by atoms with Gasteiger partial charge in [0.05, 0.1) is 17.6 Å². The molecule has 0 amide bonds. The Kier molecular flexibility index (Phi) is 6.72. The number of anilines is 2. The molecular formula is C21H29N3O2S. The van der Waals surface area contributed by atoms with Crippen molar-refractivity contribution in [1.82, 2.24) is 4.98 Å². The molecule has 27 heavy (non-hydrogen) atoms. The fourth-order valence-electron chi connectivity index (χ4n) is 3.70. The van der Waals surface area contributed by atoms with Crippen LogP contribution in [-0.4, -0.2) is 31.7 Å². The first kappa shape index (κ1) is 19.7. The highest BCUT2D eigenvalue weighted by Crippen LogP contribution is 2.26. The maximum absolute atomic E-state index is 12.3. The lowest BCUT2D eigenvalue weighted by Crippen LogP contribution is -2.39. The zero-order valence-corrected chi connectivity index (χ0v) is 16.8. The van der Waals surface area contributed by atoms with Crippen LogP contribution < -0.4 is 9.62 Å². The molecule has 1 N–H and O–H groups in total. The molecule has 1 fully saturated rings. The standard InChI is InChI=1S/C21H29N3O2S/c1-2-19-12-6-7-15-24(19)20-13-14-21(22-17-20)23-27(25,26)16-8-11-18-9-4-3-5-10-18/h3-5,9-10,13-14,17,19H,2,6-8,11-12,15-16H2,1H3,(H,22,23). The van der Waals surface area contributed by atoms with Gasteiger partial charge >= 0.3 is 0 Å². The van der Waals surface area contributed by atoms with Crippen molar-refractivity contribution in [3.05, 3.63) is 54.2 Å². The van der Waals surface area contributed by atoms with E-state index in [0.717, 1.165) is 30.6 Å². The molecule has 1 aliphatic heterocycles. The van der Waals surface area contributed by atoms with Gasteiger partial charge < -0.3 is 4.90 Å². The van der Waals surface area contributed by atoms with Gasteiger partial charge in [-0.1, -0.05) is 37.3 Å². The van der Waals surface area contributed by atoms with Gasteiger partial charge in [0.15, 0.2) is 0 Å². The first-order chi connectivity index (χ1) is 13.1. The van der Waals surface area contributed by atoms with Crippen molar-refractivity contribution in [3.8, 4) is 0 Å². The predicted octanol–water partition coefficient (Wildman–Crippen LogP) is 4.23. The smallest absolute Gasteiger partial charge is 0.233 e. The van der Waals surface area contributed by atoms with E-state index in [1.54, 1.807) is 12.3 Å². The number of rotatable bonds is 8. The highest BCUT2D eigenvalue weighted by atomic mass is 32.2. The largest absolute Gasteiger partial charge is 0.367 e. The van der Waals surface area contributed by atoms with Gasteiger partial charge in [-0.15, -0.1) is 0 Å². The summed E-state index contributed by atoms with van der Waals surface area (Å²) in [5, 5.41) is 0. The number of benzene rings is 1. The molecule has 1 aliphatic rings. The minimum absolute atomic E-state index is 0.0926. The number of nitrogens with zero attached hydrogens (tertiary/aromatic N) is 2. The summed E-state index contributed by atoms with van der Waals surface area (Å²) >= 11 is 0. The fourth-order valence-corrected chi connectivity index (χ4v) is 4.77. The van der Waals surface area contributed by atoms with E-state index in [-0.39, 0.29) is 5.75 Å². The Morgan fingerprint density at radius 2 is 1.96 bits per heavy atom. The topological polar surface area (TPSA) is 62.3 Å². The van der Waals surface area contributed by atoms with Crippen LogP contribution >= 0.6 is 0 Å². The van der Waals surface area contributed by atoms with E-state index < -0.39 is 10.0 Å². The van der Waals surface area contributed by atoms with Crippen LogP contribution in [0.1, 0.15) is 44.6 Å². The Bertz CT molecular complexity index is 807. The summed E-state index contributed by atoms with van der Waals surface area (Å²) in [5.41, 5.74) is 2.23. The number of piperidine rings is 1. The minimum atomic E-state index is -3.38. The number of sulfonamides is 1. The van der Waals surface area contributed by atoms with Gasteiger partial charge in [0.2, 0.25) is 10.0 Å². The molecule has 2 heterocycles. The van der Waals surface area contributed by atoms with Crippen LogP contribution in [0.2, 0.25) is 0 Å². The van der Waals surface area contributed by atoms with Crippen LogP contribution in [0.15, 0.2) is 48.7 Å². The molecule has 0 aliphatic carbocycles. The molecule has 5 nitrogen and oxygen atoms in total. The second-order valence-corrected chi connectivity index (χ2v) is 9.00. The molecule has 1 aromatic carbocycles. The highest BCUT2D eigenvalue weighted by Gasteiger charge is 2.21. The van der Waals surface area contributed by atoms with E-state index in [2.05, 4.69) is 21.5 Å². The monoisotopic (exact) mass is 387 g/mol. The van der Waals surface area contributed by atoms with Crippen molar-refractivity contribution in [2.24, 2.45) is 0 Å². The normalized spacial score (nSPS) is 17.7. The number of aryl methyl sites for hydroxylation is 1. The van der Waals surface area contributed by atoms with Crippen LogP contribution in [0.25, 0.3) is 0 Å². The SMILES string of the molecule is CCC1CCCCN1c1ccc(NS(=O)(=O)CCCc2ccccc2)nc1. The van der Waals surface area contributed by atoms with E-state index >= 15 is 0 Å². The average molecular weight is 388 g/mol. The molecule has 1 aromatic heterocycles. The number of hydrogen-bond acceptors (Lipinski definition) is 4. The van der Waals surface area contributed by atoms with Crippen molar-refractivity contribution in [3.63, 3.8) is 0 Å². The summed E-state index contributed by atoms with van der Waals surface area (Å²) in [5.74, 6) is 0.485. The summed E-state index contributed by atoms with van der Waals surface area (Å²) in [7, 11) is -3.38. The third-order valence-corrected chi connectivity index (χ3v) is 6.51. The van der Waals surface area contributed by atoms with Gasteiger partial charge in [-0.3, -0.25) is 4.72 Å². The summed E-state index contributed by atoms with van der Waals surface area (Å²) in [4.78, 5) is 6.74. The molecule has 146 valence electrons. The molecule has 3 rings (SSSR count). The van der Waals surface area contributed by atoms with Crippen LogP contribution in [0, 0.1) is 0 Å². The minimum Gasteiger partial charge on any atom is -0.367 e. The Labute approximate surface area is 162 Å². The zero-order chi connectivity index (χ0) is 19.1. The number of nitrogens with one attached hydrogen (secondary N) is 1. The van der Waals surface area contributed by atoms with E-state index in [4.69, 9.17) is 0 Å². The second kappa shape index (κ2) is 9.22. The van der Waals surface area contributed by atoms with Gasteiger partial charge in [-0.2, -0.15) is 0 Å². The van der Waals surface area contributed by atoms with Gasteiger partial charge in [0.1, 0.15) is 5.82 Å². The average Bonchev–Trinajstić information content (AvgIpc) is 2.69. The summed E-state index contributed by atoms with van der Waals surface area (Å²) < 4.78 is 27.2. The van der Waals surface area contributed by atoms with Crippen molar-refractivity contribution < 1.29 is 8.42 Å². The van der Waals surface area contributed by atoms with Crippen molar-refractivity contribution >= 4 is 21.5 Å². The van der Waals surface area contributed by atoms with E-state index in [1.165, 1.54) is 19.3 Å². The molecule has 1 atom stereocenters. The Morgan fingerprint density at radius 3 is 2.67 bits per heavy atom. The molecule has 1 saturated heterocycles. The van der Waals surface area contributed by atoms with E-state index in [9.17, 15) is 8.42 Å². The van der Waals surface area contributed by atoms with Crippen LogP contribution in [0.5, 0.6) is 0 Å².